The summed E-state index contributed by atoms with van der Waals surface area (Å²) in [7, 11) is 3.28. The van der Waals surface area contributed by atoms with Crippen LogP contribution in [0.3, 0.4) is 0 Å². The van der Waals surface area contributed by atoms with Gasteiger partial charge in [-0.05, 0) is 42.3 Å². The molecular formula is C16H16Cl2O2. The standard InChI is InChI=1S/C16H16Cl2O2/c1-19-13-6-3-11(4-7-13)9-15(18)14-10-12(17)5-8-16(14)20-2/h3-8,10,15H,9H2,1-2H3. The highest BCUT2D eigenvalue weighted by Gasteiger charge is 2.15. The van der Waals surface area contributed by atoms with Crippen LogP contribution in [0.15, 0.2) is 42.5 Å². The van der Waals surface area contributed by atoms with Crippen molar-refractivity contribution in [2.24, 2.45) is 0 Å². The summed E-state index contributed by atoms with van der Waals surface area (Å²) in [5.41, 5.74) is 2.03. The molecule has 0 bridgehead atoms. The third-order valence-electron chi connectivity index (χ3n) is 3.10. The number of rotatable bonds is 5. The van der Waals surface area contributed by atoms with Crippen molar-refractivity contribution in [2.45, 2.75) is 11.8 Å². The highest BCUT2D eigenvalue weighted by atomic mass is 35.5. The van der Waals surface area contributed by atoms with Crippen LogP contribution in [0.25, 0.3) is 0 Å². The lowest BCUT2D eigenvalue weighted by Crippen LogP contribution is -1.99. The average Bonchev–Trinajstić information content (AvgIpc) is 2.48. The van der Waals surface area contributed by atoms with Gasteiger partial charge in [-0.1, -0.05) is 23.7 Å². The molecule has 1 unspecified atom stereocenters. The second kappa shape index (κ2) is 6.87. The van der Waals surface area contributed by atoms with Crippen LogP contribution < -0.4 is 9.47 Å². The van der Waals surface area contributed by atoms with Crippen LogP contribution in [-0.4, -0.2) is 14.2 Å². The molecule has 0 radical (unpaired) electrons. The zero-order chi connectivity index (χ0) is 14.5. The number of halogens is 2. The summed E-state index contributed by atoms with van der Waals surface area (Å²) >= 11 is 12.5. The molecule has 106 valence electrons. The molecule has 0 N–H and O–H groups in total. The van der Waals surface area contributed by atoms with Gasteiger partial charge in [0.2, 0.25) is 0 Å². The Balaban J connectivity index is 2.18. The number of hydrogen-bond acceptors (Lipinski definition) is 2. The molecule has 0 aliphatic rings. The molecule has 0 amide bonds. The molecule has 0 saturated carbocycles. The van der Waals surface area contributed by atoms with Crippen molar-refractivity contribution in [2.75, 3.05) is 14.2 Å². The third kappa shape index (κ3) is 3.59. The molecule has 0 aromatic heterocycles. The van der Waals surface area contributed by atoms with Gasteiger partial charge in [0.05, 0.1) is 19.6 Å². The predicted molar refractivity (Wildman–Crippen MR) is 83.3 cm³/mol. The fourth-order valence-corrected chi connectivity index (χ4v) is 2.56. The molecule has 2 rings (SSSR count). The summed E-state index contributed by atoms with van der Waals surface area (Å²) in [6.45, 7) is 0. The Morgan fingerprint density at radius 1 is 1.00 bits per heavy atom. The maximum Gasteiger partial charge on any atom is 0.123 e. The summed E-state index contributed by atoms with van der Waals surface area (Å²) in [4.78, 5) is 0. The predicted octanol–water partition coefficient (Wildman–Crippen LogP) is 4.88. The minimum atomic E-state index is -0.197. The molecule has 1 atom stereocenters. The van der Waals surface area contributed by atoms with Gasteiger partial charge in [0.15, 0.2) is 0 Å². The number of alkyl halides is 1. The van der Waals surface area contributed by atoms with Crippen LogP contribution in [0, 0.1) is 0 Å². The first kappa shape index (κ1) is 15.0. The van der Waals surface area contributed by atoms with E-state index in [1.807, 2.05) is 36.4 Å². The SMILES string of the molecule is COc1ccc(CC(Cl)c2cc(Cl)ccc2OC)cc1. The zero-order valence-electron chi connectivity index (χ0n) is 11.4. The van der Waals surface area contributed by atoms with Gasteiger partial charge >= 0.3 is 0 Å². The molecule has 0 spiro atoms. The maximum absolute atomic E-state index is 6.50. The van der Waals surface area contributed by atoms with Crippen LogP contribution in [-0.2, 0) is 6.42 Å². The first-order valence-corrected chi connectivity index (χ1v) is 7.06. The van der Waals surface area contributed by atoms with E-state index in [0.717, 1.165) is 22.6 Å². The van der Waals surface area contributed by atoms with Crippen LogP contribution in [0.4, 0.5) is 0 Å². The monoisotopic (exact) mass is 310 g/mol. The minimum Gasteiger partial charge on any atom is -0.497 e. The Kier molecular flexibility index (Phi) is 5.16. The van der Waals surface area contributed by atoms with Crippen molar-refractivity contribution in [3.8, 4) is 11.5 Å². The Labute approximate surface area is 129 Å². The van der Waals surface area contributed by atoms with Gasteiger partial charge < -0.3 is 9.47 Å². The molecule has 0 aliphatic heterocycles. The van der Waals surface area contributed by atoms with Gasteiger partial charge in [-0.2, -0.15) is 0 Å². The van der Waals surface area contributed by atoms with Crippen LogP contribution in [0.5, 0.6) is 11.5 Å². The largest absolute Gasteiger partial charge is 0.497 e. The van der Waals surface area contributed by atoms with Gasteiger partial charge in [-0.3, -0.25) is 0 Å². The maximum atomic E-state index is 6.50. The van der Waals surface area contributed by atoms with Gasteiger partial charge in [0, 0.05) is 10.6 Å². The van der Waals surface area contributed by atoms with Crippen molar-refractivity contribution in [3.63, 3.8) is 0 Å². The number of methoxy groups -OCH3 is 2. The topological polar surface area (TPSA) is 18.5 Å². The zero-order valence-corrected chi connectivity index (χ0v) is 12.9. The Hall–Kier alpha value is -1.38. The molecule has 0 saturated heterocycles. The van der Waals surface area contributed by atoms with Crippen molar-refractivity contribution >= 4 is 23.2 Å². The van der Waals surface area contributed by atoms with Crippen LogP contribution in [0.2, 0.25) is 5.02 Å². The number of benzene rings is 2. The van der Waals surface area contributed by atoms with E-state index >= 15 is 0 Å². The normalized spacial score (nSPS) is 12.0. The summed E-state index contributed by atoms with van der Waals surface area (Å²) in [5.74, 6) is 1.59. The molecule has 4 heteroatoms. The third-order valence-corrected chi connectivity index (χ3v) is 3.73. The van der Waals surface area contributed by atoms with E-state index < -0.39 is 0 Å². The van der Waals surface area contributed by atoms with Crippen LogP contribution >= 0.6 is 23.2 Å². The van der Waals surface area contributed by atoms with Gasteiger partial charge in [0.1, 0.15) is 11.5 Å². The van der Waals surface area contributed by atoms with Crippen molar-refractivity contribution in [3.05, 3.63) is 58.6 Å². The van der Waals surface area contributed by atoms with Crippen molar-refractivity contribution in [1.82, 2.24) is 0 Å². The van der Waals surface area contributed by atoms with E-state index in [1.54, 1.807) is 20.3 Å². The Bertz CT molecular complexity index is 567. The molecule has 0 heterocycles. The average molecular weight is 311 g/mol. The van der Waals surface area contributed by atoms with E-state index in [9.17, 15) is 0 Å². The quantitative estimate of drug-likeness (QED) is 0.733. The lowest BCUT2D eigenvalue weighted by Gasteiger charge is -2.14. The molecule has 2 nitrogen and oxygen atoms in total. The smallest absolute Gasteiger partial charge is 0.123 e. The molecular weight excluding hydrogens is 295 g/mol. The lowest BCUT2D eigenvalue weighted by atomic mass is 10.0. The summed E-state index contributed by atoms with van der Waals surface area (Å²) in [6.07, 6.45) is 0.697. The van der Waals surface area contributed by atoms with E-state index in [2.05, 4.69) is 0 Å². The minimum absolute atomic E-state index is 0.197. The molecule has 2 aromatic carbocycles. The number of ether oxygens (including phenoxy) is 2. The molecule has 20 heavy (non-hydrogen) atoms. The van der Waals surface area contributed by atoms with Crippen LogP contribution in [0.1, 0.15) is 16.5 Å². The van der Waals surface area contributed by atoms with Gasteiger partial charge in [-0.25, -0.2) is 0 Å². The lowest BCUT2D eigenvalue weighted by molar-refractivity contribution is 0.409. The van der Waals surface area contributed by atoms with E-state index in [-0.39, 0.29) is 5.38 Å². The summed E-state index contributed by atoms with van der Waals surface area (Å²) in [5, 5.41) is 0.457. The highest BCUT2D eigenvalue weighted by molar-refractivity contribution is 6.31. The van der Waals surface area contributed by atoms with Crippen molar-refractivity contribution in [1.29, 1.82) is 0 Å². The summed E-state index contributed by atoms with van der Waals surface area (Å²) in [6, 6.07) is 13.3. The Morgan fingerprint density at radius 2 is 1.70 bits per heavy atom. The second-order valence-corrected chi connectivity index (χ2v) is 5.37. The van der Waals surface area contributed by atoms with Crippen molar-refractivity contribution < 1.29 is 9.47 Å². The van der Waals surface area contributed by atoms with Gasteiger partial charge in [-0.15, -0.1) is 11.6 Å². The first-order chi connectivity index (χ1) is 9.63. The molecule has 0 fully saturated rings. The van der Waals surface area contributed by atoms with Gasteiger partial charge in [0.25, 0.3) is 0 Å². The van der Waals surface area contributed by atoms with E-state index in [4.69, 9.17) is 32.7 Å². The van der Waals surface area contributed by atoms with E-state index in [0.29, 0.717) is 11.4 Å². The number of hydrogen-bond donors (Lipinski definition) is 0. The molecule has 2 aromatic rings. The fourth-order valence-electron chi connectivity index (χ4n) is 2.03. The second-order valence-electron chi connectivity index (χ2n) is 4.41. The molecule has 0 aliphatic carbocycles. The Morgan fingerprint density at radius 3 is 2.30 bits per heavy atom. The fraction of sp³-hybridized carbons (Fsp3) is 0.250. The highest BCUT2D eigenvalue weighted by Crippen LogP contribution is 2.34. The van der Waals surface area contributed by atoms with E-state index in [1.165, 1.54) is 0 Å². The summed E-state index contributed by atoms with van der Waals surface area (Å²) < 4.78 is 10.5. The first-order valence-electron chi connectivity index (χ1n) is 6.24.